The van der Waals surface area contributed by atoms with Crippen molar-refractivity contribution >= 4 is 44.9 Å². The molecule has 0 spiro atoms. The highest BCUT2D eigenvalue weighted by Crippen LogP contribution is 2.39. The quantitative estimate of drug-likeness (QED) is 0.436. The molecule has 2 aromatic heterocycles. The van der Waals surface area contributed by atoms with Crippen molar-refractivity contribution in [3.63, 3.8) is 0 Å². The molecule has 6 nitrogen and oxygen atoms in total. The zero-order chi connectivity index (χ0) is 22.0. The Morgan fingerprint density at radius 1 is 1.42 bits per heavy atom. The summed E-state index contributed by atoms with van der Waals surface area (Å²) in [5.41, 5.74) is 2.26. The molecule has 1 aromatic carbocycles. The second-order valence-electron chi connectivity index (χ2n) is 7.87. The van der Waals surface area contributed by atoms with Gasteiger partial charge in [0.2, 0.25) is 5.91 Å². The zero-order valence-electron chi connectivity index (χ0n) is 17.6. The number of rotatable bonds is 6. The van der Waals surface area contributed by atoms with E-state index in [9.17, 15) is 14.9 Å². The van der Waals surface area contributed by atoms with E-state index in [-0.39, 0.29) is 17.2 Å². The number of aromatic nitrogens is 2. The lowest BCUT2D eigenvalue weighted by molar-refractivity contribution is -0.113. The summed E-state index contributed by atoms with van der Waals surface area (Å²) in [5.74, 6) is 0.530. The van der Waals surface area contributed by atoms with Gasteiger partial charge in [0.15, 0.2) is 5.16 Å². The second kappa shape index (κ2) is 9.25. The molecular weight excluding hydrogens is 428 g/mol. The maximum absolute atomic E-state index is 12.9. The summed E-state index contributed by atoms with van der Waals surface area (Å²) >= 11 is 2.77. The number of carbonyl (C=O) groups excluding carboxylic acids is 1. The number of nitrogens with zero attached hydrogens (tertiary/aromatic N) is 3. The number of nitriles is 1. The Morgan fingerprint density at radius 3 is 3.00 bits per heavy atom. The molecule has 160 valence electrons. The maximum atomic E-state index is 12.9. The SMILES string of the molecule is CCCn1c(SCC(=O)Nc2sc3c(c2C#N)CCC(C)C3)nc2ccccc2c1=O. The summed E-state index contributed by atoms with van der Waals surface area (Å²) in [6.45, 7) is 4.77. The van der Waals surface area contributed by atoms with Crippen LogP contribution in [0.5, 0.6) is 0 Å². The van der Waals surface area contributed by atoms with Crippen LogP contribution >= 0.6 is 23.1 Å². The molecule has 1 N–H and O–H groups in total. The number of anilines is 1. The van der Waals surface area contributed by atoms with Crippen LogP contribution in [0, 0.1) is 17.2 Å². The molecule has 8 heteroatoms. The first-order valence-electron chi connectivity index (χ1n) is 10.5. The third-order valence-corrected chi connectivity index (χ3v) is 7.63. The van der Waals surface area contributed by atoms with Crippen LogP contribution in [0.25, 0.3) is 10.9 Å². The van der Waals surface area contributed by atoms with Crippen LogP contribution in [0.4, 0.5) is 5.00 Å². The second-order valence-corrected chi connectivity index (χ2v) is 9.92. The fourth-order valence-corrected chi connectivity index (χ4v) is 6.13. The van der Waals surface area contributed by atoms with E-state index in [1.54, 1.807) is 10.6 Å². The molecule has 4 rings (SSSR count). The topological polar surface area (TPSA) is 87.8 Å². The molecule has 0 fully saturated rings. The minimum Gasteiger partial charge on any atom is -0.316 e. The van der Waals surface area contributed by atoms with Crippen molar-refractivity contribution in [2.45, 2.75) is 51.2 Å². The predicted octanol–water partition coefficient (Wildman–Crippen LogP) is 4.60. The van der Waals surface area contributed by atoms with Gasteiger partial charge in [0.05, 0.1) is 22.2 Å². The molecule has 0 bridgehead atoms. The number of amides is 1. The van der Waals surface area contributed by atoms with E-state index in [2.05, 4.69) is 23.3 Å². The Labute approximate surface area is 189 Å². The van der Waals surface area contributed by atoms with E-state index in [4.69, 9.17) is 0 Å². The van der Waals surface area contributed by atoms with Crippen molar-refractivity contribution < 1.29 is 4.79 Å². The lowest BCUT2D eigenvalue weighted by atomic mass is 9.89. The fraction of sp³-hybridized carbons (Fsp3) is 0.391. The van der Waals surface area contributed by atoms with Crippen molar-refractivity contribution in [3.05, 3.63) is 50.6 Å². The Kier molecular flexibility index (Phi) is 6.44. The van der Waals surface area contributed by atoms with Crippen LogP contribution in [-0.4, -0.2) is 21.2 Å². The first kappa shape index (κ1) is 21.6. The summed E-state index contributed by atoms with van der Waals surface area (Å²) in [4.78, 5) is 31.4. The van der Waals surface area contributed by atoms with Gasteiger partial charge >= 0.3 is 0 Å². The highest BCUT2D eigenvalue weighted by molar-refractivity contribution is 7.99. The number of para-hydroxylation sites is 1. The molecule has 2 heterocycles. The van der Waals surface area contributed by atoms with E-state index < -0.39 is 0 Å². The number of fused-ring (bicyclic) bond motifs is 2. The van der Waals surface area contributed by atoms with Crippen LogP contribution in [0.2, 0.25) is 0 Å². The van der Waals surface area contributed by atoms with Gasteiger partial charge in [0.1, 0.15) is 11.1 Å². The first-order chi connectivity index (χ1) is 15.0. The van der Waals surface area contributed by atoms with Gasteiger partial charge in [-0.1, -0.05) is 37.7 Å². The Morgan fingerprint density at radius 2 is 2.23 bits per heavy atom. The first-order valence-corrected chi connectivity index (χ1v) is 12.3. The number of thiophene rings is 1. The van der Waals surface area contributed by atoms with Gasteiger partial charge in [-0.15, -0.1) is 11.3 Å². The minimum absolute atomic E-state index is 0.0813. The van der Waals surface area contributed by atoms with Gasteiger partial charge in [-0.2, -0.15) is 5.26 Å². The van der Waals surface area contributed by atoms with Gasteiger partial charge in [-0.25, -0.2) is 4.98 Å². The monoisotopic (exact) mass is 452 g/mol. The van der Waals surface area contributed by atoms with Gasteiger partial charge in [0.25, 0.3) is 5.56 Å². The van der Waals surface area contributed by atoms with E-state index in [1.165, 1.54) is 28.0 Å². The number of hydrogen-bond donors (Lipinski definition) is 1. The van der Waals surface area contributed by atoms with Crippen LogP contribution in [0.15, 0.2) is 34.2 Å². The Bertz CT molecular complexity index is 1240. The zero-order valence-corrected chi connectivity index (χ0v) is 19.2. The van der Waals surface area contributed by atoms with Gasteiger partial charge < -0.3 is 5.32 Å². The van der Waals surface area contributed by atoms with Gasteiger partial charge in [-0.3, -0.25) is 14.2 Å². The summed E-state index contributed by atoms with van der Waals surface area (Å²) in [6.07, 6.45) is 3.73. The molecule has 1 unspecified atom stereocenters. The van der Waals surface area contributed by atoms with Crippen LogP contribution in [0.3, 0.4) is 0 Å². The molecule has 0 radical (unpaired) electrons. The van der Waals surface area contributed by atoms with Crippen LogP contribution in [-0.2, 0) is 24.2 Å². The number of benzene rings is 1. The van der Waals surface area contributed by atoms with Crippen molar-refractivity contribution in [2.24, 2.45) is 5.92 Å². The highest BCUT2D eigenvalue weighted by atomic mass is 32.2. The van der Waals surface area contributed by atoms with E-state index in [1.807, 2.05) is 25.1 Å². The Hall–Kier alpha value is -2.63. The lowest BCUT2D eigenvalue weighted by Crippen LogP contribution is -2.24. The molecule has 0 saturated heterocycles. The third-order valence-electron chi connectivity index (χ3n) is 5.48. The van der Waals surface area contributed by atoms with E-state index >= 15 is 0 Å². The molecule has 0 aliphatic heterocycles. The molecule has 1 aliphatic rings. The fourth-order valence-electron chi connectivity index (χ4n) is 3.93. The molecule has 3 aromatic rings. The average Bonchev–Trinajstić information content (AvgIpc) is 3.10. The molecule has 0 saturated carbocycles. The largest absolute Gasteiger partial charge is 0.316 e. The summed E-state index contributed by atoms with van der Waals surface area (Å²) in [7, 11) is 0. The Balaban J connectivity index is 1.53. The summed E-state index contributed by atoms with van der Waals surface area (Å²) in [6, 6.07) is 9.55. The lowest BCUT2D eigenvalue weighted by Gasteiger charge is -2.17. The number of hydrogen-bond acceptors (Lipinski definition) is 6. The molecule has 1 aliphatic carbocycles. The van der Waals surface area contributed by atoms with Crippen molar-refractivity contribution in [1.82, 2.24) is 9.55 Å². The predicted molar refractivity (Wildman–Crippen MR) is 126 cm³/mol. The van der Waals surface area contributed by atoms with Gasteiger partial charge in [-0.05, 0) is 49.3 Å². The maximum Gasteiger partial charge on any atom is 0.262 e. The molecule has 31 heavy (non-hydrogen) atoms. The van der Waals surface area contributed by atoms with Crippen molar-refractivity contribution in [2.75, 3.05) is 11.1 Å². The van der Waals surface area contributed by atoms with E-state index in [0.29, 0.717) is 39.1 Å². The standard InChI is InChI=1S/C23H24N4O2S2/c1-3-10-27-22(29)16-6-4-5-7-18(16)25-23(27)30-13-20(28)26-21-17(12-24)15-9-8-14(2)11-19(15)31-21/h4-7,14H,3,8-11,13H2,1-2H3,(H,26,28). The average molecular weight is 453 g/mol. The normalized spacial score (nSPS) is 15.5. The number of carbonyl (C=O) groups is 1. The van der Waals surface area contributed by atoms with Gasteiger partial charge in [0, 0.05) is 11.4 Å². The summed E-state index contributed by atoms with van der Waals surface area (Å²) in [5, 5.41) is 14.3. The van der Waals surface area contributed by atoms with Crippen LogP contribution in [0.1, 0.15) is 42.7 Å². The number of thioether (sulfide) groups is 1. The van der Waals surface area contributed by atoms with Crippen molar-refractivity contribution in [3.8, 4) is 6.07 Å². The highest BCUT2D eigenvalue weighted by Gasteiger charge is 2.24. The number of nitrogens with one attached hydrogen (secondary N) is 1. The van der Waals surface area contributed by atoms with E-state index in [0.717, 1.165) is 31.2 Å². The molecular formula is C23H24N4O2S2. The molecule has 1 amide bonds. The smallest absolute Gasteiger partial charge is 0.262 e. The summed E-state index contributed by atoms with van der Waals surface area (Å²) < 4.78 is 1.65. The van der Waals surface area contributed by atoms with Crippen molar-refractivity contribution in [1.29, 1.82) is 5.26 Å². The third kappa shape index (κ3) is 4.39. The van der Waals surface area contributed by atoms with Crippen LogP contribution < -0.4 is 10.9 Å². The molecule has 1 atom stereocenters. The minimum atomic E-state index is -0.196.